The number of rotatable bonds is 4. The van der Waals surface area contributed by atoms with Crippen molar-refractivity contribution in [3.8, 4) is 0 Å². The number of allylic oxidation sites excluding steroid dienone is 1. The van der Waals surface area contributed by atoms with E-state index in [2.05, 4.69) is 13.8 Å². The van der Waals surface area contributed by atoms with Gasteiger partial charge in [0.15, 0.2) is 0 Å². The van der Waals surface area contributed by atoms with Crippen LogP contribution < -0.4 is 0 Å². The minimum atomic E-state index is -0.0190. The van der Waals surface area contributed by atoms with E-state index in [-0.39, 0.29) is 11.8 Å². The third-order valence-electron chi connectivity index (χ3n) is 4.13. The second-order valence-electron chi connectivity index (χ2n) is 5.45. The average molecular weight is 226 g/mol. The Morgan fingerprint density at radius 2 is 2.00 bits per heavy atom. The molecule has 0 saturated heterocycles. The van der Waals surface area contributed by atoms with E-state index in [0.29, 0.717) is 18.2 Å². The maximum absolute atomic E-state index is 12.2. The summed E-state index contributed by atoms with van der Waals surface area (Å²) < 4.78 is 12.2. The van der Waals surface area contributed by atoms with Crippen molar-refractivity contribution in [1.29, 1.82) is 0 Å². The largest absolute Gasteiger partial charge is 0.303 e. The first kappa shape index (κ1) is 13.4. The van der Waals surface area contributed by atoms with Gasteiger partial charge in [-0.15, -0.1) is 0 Å². The Morgan fingerprint density at radius 1 is 1.31 bits per heavy atom. The van der Waals surface area contributed by atoms with Gasteiger partial charge in [-0.25, -0.2) is 4.39 Å². The lowest BCUT2D eigenvalue weighted by atomic mass is 9.67. The SMILES string of the molecule is C[C@@H]1CC[C@@H]([C@@H](C=O)[C@H](C)/C=C\F)[C@H](C)C1. The minimum Gasteiger partial charge on any atom is -0.303 e. The summed E-state index contributed by atoms with van der Waals surface area (Å²) in [4.78, 5) is 11.2. The lowest BCUT2D eigenvalue weighted by molar-refractivity contribution is -0.115. The zero-order valence-corrected chi connectivity index (χ0v) is 10.5. The predicted octanol–water partition coefficient (Wildman–Crippen LogP) is 3.99. The quantitative estimate of drug-likeness (QED) is 0.662. The van der Waals surface area contributed by atoms with Crippen LogP contribution in [0.3, 0.4) is 0 Å². The Balaban J connectivity index is 2.68. The predicted molar refractivity (Wildman–Crippen MR) is 64.6 cm³/mol. The van der Waals surface area contributed by atoms with Crippen molar-refractivity contribution in [2.24, 2.45) is 29.6 Å². The molecule has 16 heavy (non-hydrogen) atoms. The molecule has 0 bridgehead atoms. The highest BCUT2D eigenvalue weighted by atomic mass is 19.1. The van der Waals surface area contributed by atoms with Gasteiger partial charge in [0.05, 0.1) is 6.33 Å². The van der Waals surface area contributed by atoms with Crippen LogP contribution in [0.25, 0.3) is 0 Å². The van der Waals surface area contributed by atoms with Crippen LogP contribution in [0.4, 0.5) is 4.39 Å². The van der Waals surface area contributed by atoms with Crippen molar-refractivity contribution < 1.29 is 9.18 Å². The molecule has 0 unspecified atom stereocenters. The van der Waals surface area contributed by atoms with E-state index in [0.717, 1.165) is 18.6 Å². The fraction of sp³-hybridized carbons (Fsp3) is 0.786. The second kappa shape index (κ2) is 6.17. The van der Waals surface area contributed by atoms with E-state index in [4.69, 9.17) is 0 Å². The number of hydrogen-bond donors (Lipinski definition) is 0. The molecule has 1 saturated carbocycles. The Morgan fingerprint density at radius 3 is 2.50 bits per heavy atom. The van der Waals surface area contributed by atoms with Crippen LogP contribution in [0.1, 0.15) is 40.0 Å². The molecule has 0 aromatic rings. The highest BCUT2D eigenvalue weighted by molar-refractivity contribution is 5.55. The molecule has 0 radical (unpaired) electrons. The molecule has 1 nitrogen and oxygen atoms in total. The van der Waals surface area contributed by atoms with E-state index >= 15 is 0 Å². The van der Waals surface area contributed by atoms with Crippen LogP contribution in [0.15, 0.2) is 12.4 Å². The fourth-order valence-corrected chi connectivity index (χ4v) is 3.12. The Kier molecular flexibility index (Phi) is 5.17. The number of aldehydes is 1. The molecular weight excluding hydrogens is 203 g/mol. The van der Waals surface area contributed by atoms with Gasteiger partial charge in [0.2, 0.25) is 0 Å². The lowest BCUT2D eigenvalue weighted by Gasteiger charge is -2.37. The molecule has 5 atom stereocenters. The van der Waals surface area contributed by atoms with Crippen LogP contribution in [0, 0.1) is 29.6 Å². The molecule has 0 amide bonds. The van der Waals surface area contributed by atoms with Gasteiger partial charge in [-0.2, -0.15) is 0 Å². The molecule has 0 heterocycles. The van der Waals surface area contributed by atoms with Crippen molar-refractivity contribution in [1.82, 2.24) is 0 Å². The monoisotopic (exact) mass is 226 g/mol. The van der Waals surface area contributed by atoms with Crippen LogP contribution >= 0.6 is 0 Å². The lowest BCUT2D eigenvalue weighted by Crippen LogP contribution is -2.32. The molecule has 1 aliphatic rings. The zero-order valence-electron chi connectivity index (χ0n) is 10.5. The molecule has 1 rings (SSSR count). The summed E-state index contributed by atoms with van der Waals surface area (Å²) in [5.41, 5.74) is 0. The molecule has 0 aromatic heterocycles. The van der Waals surface area contributed by atoms with Crippen molar-refractivity contribution in [2.75, 3.05) is 0 Å². The number of carbonyl (C=O) groups is 1. The van der Waals surface area contributed by atoms with Crippen molar-refractivity contribution in [3.05, 3.63) is 12.4 Å². The van der Waals surface area contributed by atoms with Gasteiger partial charge in [0.25, 0.3) is 0 Å². The van der Waals surface area contributed by atoms with Crippen molar-refractivity contribution >= 4 is 6.29 Å². The van der Waals surface area contributed by atoms with Gasteiger partial charge in [0, 0.05) is 5.92 Å². The van der Waals surface area contributed by atoms with E-state index in [1.807, 2.05) is 6.92 Å². The number of halogens is 1. The Bertz CT molecular complexity index is 249. The van der Waals surface area contributed by atoms with Crippen LogP contribution in [0.2, 0.25) is 0 Å². The van der Waals surface area contributed by atoms with Gasteiger partial charge < -0.3 is 4.79 Å². The van der Waals surface area contributed by atoms with Crippen molar-refractivity contribution in [2.45, 2.75) is 40.0 Å². The maximum atomic E-state index is 12.2. The first-order chi connectivity index (χ1) is 7.60. The second-order valence-corrected chi connectivity index (χ2v) is 5.45. The third-order valence-corrected chi connectivity index (χ3v) is 4.13. The fourth-order valence-electron chi connectivity index (χ4n) is 3.12. The van der Waals surface area contributed by atoms with Crippen LogP contribution in [-0.2, 0) is 4.79 Å². The van der Waals surface area contributed by atoms with Gasteiger partial charge in [-0.3, -0.25) is 0 Å². The smallest absolute Gasteiger partial charge is 0.123 e. The summed E-state index contributed by atoms with van der Waals surface area (Å²) in [6.45, 7) is 6.43. The average Bonchev–Trinajstić information content (AvgIpc) is 2.22. The van der Waals surface area contributed by atoms with E-state index in [1.165, 1.54) is 18.9 Å². The highest BCUT2D eigenvalue weighted by Crippen LogP contribution is 2.39. The maximum Gasteiger partial charge on any atom is 0.123 e. The summed E-state index contributed by atoms with van der Waals surface area (Å²) >= 11 is 0. The van der Waals surface area contributed by atoms with Gasteiger partial charge in [-0.1, -0.05) is 33.3 Å². The molecule has 1 fully saturated rings. The molecule has 0 aromatic carbocycles. The summed E-state index contributed by atoms with van der Waals surface area (Å²) in [5, 5.41) is 0. The highest BCUT2D eigenvalue weighted by Gasteiger charge is 2.33. The molecule has 1 aliphatic carbocycles. The Hall–Kier alpha value is -0.660. The number of carbonyl (C=O) groups excluding carboxylic acids is 1. The first-order valence-electron chi connectivity index (χ1n) is 6.32. The number of hydrogen-bond acceptors (Lipinski definition) is 1. The summed E-state index contributed by atoms with van der Waals surface area (Å²) in [6, 6.07) is 0. The minimum absolute atomic E-state index is 0.0170. The third kappa shape index (κ3) is 3.16. The summed E-state index contributed by atoms with van der Waals surface area (Å²) in [6.07, 6.45) is 6.60. The Labute approximate surface area is 98.1 Å². The van der Waals surface area contributed by atoms with Gasteiger partial charge in [-0.05, 0) is 36.5 Å². The summed E-state index contributed by atoms with van der Waals surface area (Å²) in [7, 11) is 0. The molecule has 0 aliphatic heterocycles. The molecule has 0 spiro atoms. The normalized spacial score (nSPS) is 34.9. The van der Waals surface area contributed by atoms with E-state index < -0.39 is 0 Å². The van der Waals surface area contributed by atoms with E-state index in [1.54, 1.807) is 0 Å². The van der Waals surface area contributed by atoms with E-state index in [9.17, 15) is 9.18 Å². The zero-order chi connectivity index (χ0) is 12.1. The molecule has 0 N–H and O–H groups in total. The summed E-state index contributed by atoms with van der Waals surface area (Å²) in [5.74, 6) is 1.78. The van der Waals surface area contributed by atoms with Gasteiger partial charge in [0.1, 0.15) is 6.29 Å². The molecular formula is C14H23FO. The van der Waals surface area contributed by atoms with Gasteiger partial charge >= 0.3 is 0 Å². The van der Waals surface area contributed by atoms with Crippen LogP contribution in [0.5, 0.6) is 0 Å². The van der Waals surface area contributed by atoms with Crippen molar-refractivity contribution in [3.63, 3.8) is 0 Å². The topological polar surface area (TPSA) is 17.1 Å². The standard InChI is InChI=1S/C14H23FO/c1-10-4-5-13(12(3)8-10)14(9-16)11(2)6-7-15/h6-7,9-14H,4-5,8H2,1-3H3/b7-6-/t10-,11-,12-,13-,14+/m1/s1. The molecule has 92 valence electrons. The van der Waals surface area contributed by atoms with Crippen LogP contribution in [-0.4, -0.2) is 6.29 Å². The first-order valence-corrected chi connectivity index (χ1v) is 6.32. The molecule has 2 heteroatoms.